The number of amides is 1. The van der Waals surface area contributed by atoms with Gasteiger partial charge < -0.3 is 5.11 Å². The van der Waals surface area contributed by atoms with Gasteiger partial charge in [-0.15, -0.1) is 0 Å². The Hall–Kier alpha value is -2.43. The van der Waals surface area contributed by atoms with Crippen LogP contribution in [0.5, 0.6) is 5.75 Å². The van der Waals surface area contributed by atoms with Crippen LogP contribution in [-0.2, 0) is 4.79 Å². The van der Waals surface area contributed by atoms with Gasteiger partial charge in [0, 0.05) is 25.0 Å². The van der Waals surface area contributed by atoms with Gasteiger partial charge in [0.05, 0.1) is 18.4 Å². The quantitative estimate of drug-likeness (QED) is 0.859. The predicted molar refractivity (Wildman–Crippen MR) is 71.2 cm³/mol. The van der Waals surface area contributed by atoms with Crippen LogP contribution in [0.25, 0.3) is 0 Å². The Labute approximate surface area is 105 Å². The van der Waals surface area contributed by atoms with Crippen LogP contribution in [0.4, 0.5) is 5.69 Å². The summed E-state index contributed by atoms with van der Waals surface area (Å²) < 4.78 is 0. The molecule has 0 saturated heterocycles. The molecular formula is C13H13N3O2. The van der Waals surface area contributed by atoms with Crippen molar-refractivity contribution < 1.29 is 9.90 Å². The van der Waals surface area contributed by atoms with Gasteiger partial charge in [-0.05, 0) is 24.3 Å². The summed E-state index contributed by atoms with van der Waals surface area (Å²) in [6.45, 7) is 1.97. The summed E-state index contributed by atoms with van der Waals surface area (Å²) in [5.41, 5.74) is 1.26. The molecule has 0 atom stereocenters. The van der Waals surface area contributed by atoms with Crippen molar-refractivity contribution in [1.82, 2.24) is 0 Å². The highest BCUT2D eigenvalue weighted by atomic mass is 16.3. The number of allylic oxidation sites excluding steroid dienone is 1. The van der Waals surface area contributed by atoms with Crippen LogP contribution >= 0.6 is 0 Å². The van der Waals surface area contributed by atoms with E-state index in [4.69, 9.17) is 0 Å². The number of carbonyl (C=O) groups excluding carboxylic acids is 1. The van der Waals surface area contributed by atoms with Gasteiger partial charge >= 0.3 is 0 Å². The number of rotatable bonds is 2. The fourth-order valence-electron chi connectivity index (χ4n) is 1.63. The summed E-state index contributed by atoms with van der Waals surface area (Å²) in [6, 6.07) is 6.39. The standard InChI is InChI=1S/C13H13N3O2/c1-10(17)16(11-2-4-13(18)5-3-11)12-8-14-6-7-15-9-12/h2-6,8-9,18H,7H2,1H3. The lowest BCUT2D eigenvalue weighted by Crippen LogP contribution is -2.28. The molecule has 0 radical (unpaired) electrons. The van der Waals surface area contributed by atoms with Crippen LogP contribution in [0.3, 0.4) is 0 Å². The van der Waals surface area contributed by atoms with Gasteiger partial charge in [-0.1, -0.05) is 0 Å². The average molecular weight is 243 g/mol. The van der Waals surface area contributed by atoms with E-state index in [-0.39, 0.29) is 11.7 Å². The van der Waals surface area contributed by atoms with Crippen LogP contribution < -0.4 is 4.90 Å². The summed E-state index contributed by atoms with van der Waals surface area (Å²) in [7, 11) is 0. The molecule has 0 saturated carbocycles. The molecule has 0 fully saturated rings. The Balaban J connectivity index is 2.40. The first kappa shape index (κ1) is 12.0. The Morgan fingerprint density at radius 3 is 2.72 bits per heavy atom. The molecule has 0 bridgehead atoms. The molecule has 5 heteroatoms. The molecule has 1 aliphatic rings. The summed E-state index contributed by atoms with van der Waals surface area (Å²) in [6.07, 6.45) is 4.87. The maximum atomic E-state index is 11.7. The molecular weight excluding hydrogens is 230 g/mol. The van der Waals surface area contributed by atoms with Crippen LogP contribution in [0.15, 0.2) is 46.1 Å². The molecule has 0 aliphatic carbocycles. The number of aromatic hydroxyl groups is 1. The Kier molecular flexibility index (Phi) is 3.52. The maximum Gasteiger partial charge on any atom is 0.228 e. The molecule has 1 aliphatic heterocycles. The van der Waals surface area contributed by atoms with Crippen molar-refractivity contribution in [3.63, 3.8) is 0 Å². The van der Waals surface area contributed by atoms with Crippen molar-refractivity contribution in [1.29, 1.82) is 0 Å². The van der Waals surface area contributed by atoms with Crippen molar-refractivity contribution in [2.45, 2.75) is 6.92 Å². The second-order valence-corrected chi connectivity index (χ2v) is 3.75. The number of hydrogen-bond donors (Lipinski definition) is 1. The van der Waals surface area contributed by atoms with Gasteiger partial charge in [0.25, 0.3) is 0 Å². The van der Waals surface area contributed by atoms with Gasteiger partial charge in [0.1, 0.15) is 5.75 Å². The van der Waals surface area contributed by atoms with Crippen molar-refractivity contribution in [3.8, 4) is 5.75 Å². The van der Waals surface area contributed by atoms with E-state index in [0.29, 0.717) is 17.9 Å². The van der Waals surface area contributed by atoms with Gasteiger partial charge in [0.15, 0.2) is 0 Å². The number of hydrogen-bond acceptors (Lipinski definition) is 4. The zero-order chi connectivity index (χ0) is 13.0. The molecule has 0 spiro atoms. The Bertz CT molecular complexity index is 530. The Morgan fingerprint density at radius 1 is 1.33 bits per heavy atom. The lowest BCUT2D eigenvalue weighted by Gasteiger charge is -2.21. The first-order chi connectivity index (χ1) is 8.68. The zero-order valence-corrected chi connectivity index (χ0v) is 9.95. The van der Waals surface area contributed by atoms with Crippen LogP contribution in [-0.4, -0.2) is 30.0 Å². The number of benzene rings is 1. The lowest BCUT2D eigenvalue weighted by molar-refractivity contribution is -0.116. The molecule has 1 amide bonds. The third kappa shape index (κ3) is 2.63. The fourth-order valence-corrected chi connectivity index (χ4v) is 1.63. The minimum atomic E-state index is -0.143. The fraction of sp³-hybridized carbons (Fsp3) is 0.154. The van der Waals surface area contributed by atoms with E-state index in [1.807, 2.05) is 0 Å². The second-order valence-electron chi connectivity index (χ2n) is 3.75. The first-order valence-corrected chi connectivity index (χ1v) is 5.50. The smallest absolute Gasteiger partial charge is 0.228 e. The number of phenolic OH excluding ortho intramolecular Hbond substituents is 1. The molecule has 1 aromatic rings. The molecule has 5 nitrogen and oxygen atoms in total. The maximum absolute atomic E-state index is 11.7. The van der Waals surface area contributed by atoms with Gasteiger partial charge in [-0.25, -0.2) is 0 Å². The number of aliphatic imine (C=N–C) groups is 2. The van der Waals surface area contributed by atoms with E-state index in [1.54, 1.807) is 30.8 Å². The lowest BCUT2D eigenvalue weighted by atomic mass is 10.2. The van der Waals surface area contributed by atoms with Crippen molar-refractivity contribution in [2.75, 3.05) is 11.4 Å². The number of phenols is 1. The van der Waals surface area contributed by atoms with E-state index in [2.05, 4.69) is 9.98 Å². The van der Waals surface area contributed by atoms with E-state index in [0.717, 1.165) is 0 Å². The highest BCUT2D eigenvalue weighted by Crippen LogP contribution is 2.22. The molecule has 0 aromatic heterocycles. The topological polar surface area (TPSA) is 65.3 Å². The molecule has 1 N–H and O–H groups in total. The number of nitrogens with zero attached hydrogens (tertiary/aromatic N) is 3. The third-order valence-electron chi connectivity index (χ3n) is 2.40. The van der Waals surface area contributed by atoms with Crippen LogP contribution in [0.1, 0.15) is 6.92 Å². The van der Waals surface area contributed by atoms with Crippen molar-refractivity contribution >= 4 is 24.0 Å². The summed E-state index contributed by atoms with van der Waals surface area (Å²) in [5, 5.41) is 9.26. The van der Waals surface area contributed by atoms with Gasteiger partial charge in [-0.2, -0.15) is 0 Å². The van der Waals surface area contributed by atoms with Crippen LogP contribution in [0.2, 0.25) is 0 Å². The summed E-state index contributed by atoms with van der Waals surface area (Å²) in [4.78, 5) is 21.4. The van der Waals surface area contributed by atoms with Gasteiger partial charge in [-0.3, -0.25) is 19.7 Å². The second kappa shape index (κ2) is 5.27. The molecule has 1 heterocycles. The van der Waals surface area contributed by atoms with E-state index < -0.39 is 0 Å². The summed E-state index contributed by atoms with van der Waals surface area (Å²) >= 11 is 0. The summed E-state index contributed by atoms with van der Waals surface area (Å²) in [5.74, 6) is 0.0132. The number of carbonyl (C=O) groups is 1. The van der Waals surface area contributed by atoms with Crippen molar-refractivity contribution in [2.24, 2.45) is 9.98 Å². The predicted octanol–water partition coefficient (Wildman–Crippen LogP) is 1.74. The van der Waals surface area contributed by atoms with E-state index >= 15 is 0 Å². The van der Waals surface area contributed by atoms with Gasteiger partial charge in [0.2, 0.25) is 5.91 Å². The van der Waals surface area contributed by atoms with Crippen molar-refractivity contribution in [3.05, 3.63) is 36.2 Å². The minimum absolute atomic E-state index is 0.143. The number of anilines is 1. The third-order valence-corrected chi connectivity index (χ3v) is 2.40. The normalized spacial score (nSPS) is 13.9. The SMILES string of the molecule is CC(=O)N(C1=CN=CCN=C1)c1ccc(O)cc1. The first-order valence-electron chi connectivity index (χ1n) is 5.50. The molecule has 2 rings (SSSR count). The molecule has 1 aromatic carbocycles. The molecule has 0 unspecified atom stereocenters. The molecule has 18 heavy (non-hydrogen) atoms. The van der Waals surface area contributed by atoms with Crippen LogP contribution in [0, 0.1) is 0 Å². The Morgan fingerprint density at radius 2 is 2.06 bits per heavy atom. The highest BCUT2D eigenvalue weighted by molar-refractivity contribution is 6.03. The van der Waals surface area contributed by atoms with E-state index in [1.165, 1.54) is 24.0 Å². The van der Waals surface area contributed by atoms with E-state index in [9.17, 15) is 9.90 Å². The molecule has 92 valence electrons. The largest absolute Gasteiger partial charge is 0.508 e. The highest BCUT2D eigenvalue weighted by Gasteiger charge is 2.15. The monoisotopic (exact) mass is 243 g/mol. The average Bonchev–Trinajstić information content (AvgIpc) is 2.60. The minimum Gasteiger partial charge on any atom is -0.508 e. The zero-order valence-electron chi connectivity index (χ0n) is 9.95.